The molecule has 0 unspecified atom stereocenters. The Bertz CT molecular complexity index is 855. The number of rotatable bonds is 17. The Hall–Kier alpha value is -2.89. The third-order valence-corrected chi connectivity index (χ3v) is 5.83. The van der Waals surface area contributed by atoms with Crippen molar-refractivity contribution in [2.45, 2.75) is 84.0 Å². The summed E-state index contributed by atoms with van der Waals surface area (Å²) in [4.78, 5) is 28.5. The van der Waals surface area contributed by atoms with Gasteiger partial charge in [-0.3, -0.25) is 19.9 Å². The summed E-state index contributed by atoms with van der Waals surface area (Å²) in [6, 6.07) is 8.17. The van der Waals surface area contributed by atoms with E-state index in [1.165, 1.54) is 77.5 Å². The Kier molecular flexibility index (Phi) is 13.4. The zero-order valence-corrected chi connectivity index (χ0v) is 20.8. The van der Waals surface area contributed by atoms with Crippen LogP contribution >= 0.6 is 0 Å². The standard InChI is InChI=1S/C28H40N2O4/c1-3-4-5-6-7-8-9-10-11-12-13-14-20-34-25-18-17-23(21-26(25)33-2)27(31)30-28(32)24-16-15-19-29-22-24/h15-19,21-22H,3-14,20H2,1-2H3,(H,30,31,32). The molecule has 0 aliphatic rings. The minimum absolute atomic E-state index is 0.324. The number of hydrogen-bond acceptors (Lipinski definition) is 5. The van der Waals surface area contributed by atoms with Gasteiger partial charge in [0.1, 0.15) is 0 Å². The van der Waals surface area contributed by atoms with E-state index in [0.717, 1.165) is 12.8 Å². The maximum absolute atomic E-state index is 12.4. The third-order valence-electron chi connectivity index (χ3n) is 5.83. The average molecular weight is 469 g/mol. The van der Waals surface area contributed by atoms with Crippen LogP contribution in [0.1, 0.15) is 105 Å². The molecule has 2 aromatic rings. The molecular weight excluding hydrogens is 428 g/mol. The van der Waals surface area contributed by atoms with Gasteiger partial charge in [0.2, 0.25) is 0 Å². The molecule has 0 aliphatic heterocycles. The SMILES string of the molecule is CCCCCCCCCCCCCCOc1ccc(C(=O)NC(=O)c2cccnc2)cc1OC. The van der Waals surface area contributed by atoms with Gasteiger partial charge < -0.3 is 9.47 Å². The van der Waals surface area contributed by atoms with Crippen molar-refractivity contribution in [2.75, 3.05) is 13.7 Å². The lowest BCUT2D eigenvalue weighted by Crippen LogP contribution is -2.30. The molecule has 0 aliphatic carbocycles. The molecule has 0 atom stereocenters. The van der Waals surface area contributed by atoms with E-state index in [9.17, 15) is 9.59 Å². The van der Waals surface area contributed by atoms with Crippen LogP contribution in [0.25, 0.3) is 0 Å². The van der Waals surface area contributed by atoms with Crippen LogP contribution in [0.15, 0.2) is 42.7 Å². The molecule has 0 fully saturated rings. The minimum Gasteiger partial charge on any atom is -0.493 e. The lowest BCUT2D eigenvalue weighted by molar-refractivity contribution is 0.0849. The molecule has 0 bridgehead atoms. The van der Waals surface area contributed by atoms with Crippen molar-refractivity contribution < 1.29 is 19.1 Å². The van der Waals surface area contributed by atoms with Crippen molar-refractivity contribution >= 4 is 11.8 Å². The highest BCUT2D eigenvalue weighted by atomic mass is 16.5. The zero-order chi connectivity index (χ0) is 24.4. The van der Waals surface area contributed by atoms with Crippen LogP contribution in [-0.2, 0) is 0 Å². The predicted octanol–water partition coefficient (Wildman–Crippen LogP) is 6.74. The number of imide groups is 1. The maximum atomic E-state index is 12.4. The van der Waals surface area contributed by atoms with Crippen molar-refractivity contribution in [3.05, 3.63) is 53.9 Å². The van der Waals surface area contributed by atoms with E-state index in [1.807, 2.05) is 0 Å². The number of ether oxygens (including phenoxy) is 2. The molecule has 1 N–H and O–H groups in total. The maximum Gasteiger partial charge on any atom is 0.259 e. The van der Waals surface area contributed by atoms with E-state index in [-0.39, 0.29) is 0 Å². The molecule has 1 aromatic heterocycles. The molecule has 2 rings (SSSR count). The van der Waals surface area contributed by atoms with Gasteiger partial charge in [-0.15, -0.1) is 0 Å². The summed E-state index contributed by atoms with van der Waals surface area (Å²) in [6.07, 6.45) is 18.6. The van der Waals surface area contributed by atoms with Crippen molar-refractivity contribution in [3.63, 3.8) is 0 Å². The smallest absolute Gasteiger partial charge is 0.259 e. The van der Waals surface area contributed by atoms with E-state index in [4.69, 9.17) is 9.47 Å². The van der Waals surface area contributed by atoms with E-state index < -0.39 is 11.8 Å². The van der Waals surface area contributed by atoms with Crippen LogP contribution in [0.3, 0.4) is 0 Å². The molecule has 0 saturated heterocycles. The Morgan fingerprint density at radius 2 is 1.41 bits per heavy atom. The fraction of sp³-hybridized carbons (Fsp3) is 0.536. The van der Waals surface area contributed by atoms with Gasteiger partial charge in [-0.05, 0) is 36.8 Å². The van der Waals surface area contributed by atoms with Crippen molar-refractivity contribution in [3.8, 4) is 11.5 Å². The van der Waals surface area contributed by atoms with Crippen LogP contribution < -0.4 is 14.8 Å². The minimum atomic E-state index is -0.500. The molecule has 34 heavy (non-hydrogen) atoms. The Morgan fingerprint density at radius 3 is 2.00 bits per heavy atom. The highest BCUT2D eigenvalue weighted by molar-refractivity contribution is 6.10. The fourth-order valence-corrected chi connectivity index (χ4v) is 3.80. The third kappa shape index (κ3) is 10.4. The summed E-state index contributed by atoms with van der Waals surface area (Å²) in [5.74, 6) is 0.0742. The number of methoxy groups -OCH3 is 1. The van der Waals surface area contributed by atoms with E-state index in [0.29, 0.717) is 29.2 Å². The number of pyridine rings is 1. The number of aromatic nitrogens is 1. The van der Waals surface area contributed by atoms with Crippen molar-refractivity contribution in [1.82, 2.24) is 10.3 Å². The first-order valence-electron chi connectivity index (χ1n) is 12.7. The monoisotopic (exact) mass is 468 g/mol. The van der Waals surface area contributed by atoms with Gasteiger partial charge in [-0.1, -0.05) is 77.6 Å². The van der Waals surface area contributed by atoms with Crippen LogP contribution in [0.5, 0.6) is 11.5 Å². The first-order valence-corrected chi connectivity index (χ1v) is 12.7. The summed E-state index contributed by atoms with van der Waals surface area (Å²) >= 11 is 0. The molecule has 6 nitrogen and oxygen atoms in total. The number of nitrogens with zero attached hydrogens (tertiary/aromatic N) is 1. The van der Waals surface area contributed by atoms with Crippen molar-refractivity contribution in [1.29, 1.82) is 0 Å². The second-order valence-electron chi connectivity index (χ2n) is 8.63. The van der Waals surface area contributed by atoms with Gasteiger partial charge >= 0.3 is 0 Å². The van der Waals surface area contributed by atoms with E-state index >= 15 is 0 Å². The Morgan fingerprint density at radius 1 is 0.794 bits per heavy atom. The first kappa shape index (κ1) is 27.4. The molecule has 2 amide bonds. The van der Waals surface area contributed by atoms with Crippen LogP contribution in [0.4, 0.5) is 0 Å². The fourth-order valence-electron chi connectivity index (χ4n) is 3.80. The lowest BCUT2D eigenvalue weighted by atomic mass is 10.1. The number of carbonyl (C=O) groups excluding carboxylic acids is 2. The lowest BCUT2D eigenvalue weighted by Gasteiger charge is -2.12. The molecule has 1 aromatic carbocycles. The number of hydrogen-bond donors (Lipinski definition) is 1. The highest BCUT2D eigenvalue weighted by Gasteiger charge is 2.15. The molecular formula is C28H40N2O4. The molecule has 186 valence electrons. The molecule has 0 radical (unpaired) electrons. The summed E-state index contributed by atoms with van der Waals surface area (Å²) in [6.45, 7) is 2.87. The van der Waals surface area contributed by atoms with Gasteiger partial charge in [0.05, 0.1) is 19.3 Å². The first-order chi connectivity index (χ1) is 16.7. The Labute approximate surface area is 204 Å². The summed E-state index contributed by atoms with van der Waals surface area (Å²) in [5.41, 5.74) is 0.650. The second kappa shape index (κ2) is 16.7. The van der Waals surface area contributed by atoms with Gasteiger partial charge in [-0.2, -0.15) is 0 Å². The second-order valence-corrected chi connectivity index (χ2v) is 8.63. The van der Waals surface area contributed by atoms with Crippen LogP contribution in [-0.4, -0.2) is 30.5 Å². The summed E-state index contributed by atoms with van der Waals surface area (Å²) in [5, 5.41) is 2.36. The van der Waals surface area contributed by atoms with Gasteiger partial charge in [-0.25, -0.2) is 0 Å². The van der Waals surface area contributed by atoms with Gasteiger partial charge in [0.15, 0.2) is 11.5 Å². The predicted molar refractivity (Wildman–Crippen MR) is 136 cm³/mol. The van der Waals surface area contributed by atoms with Crippen LogP contribution in [0.2, 0.25) is 0 Å². The normalized spacial score (nSPS) is 10.6. The van der Waals surface area contributed by atoms with Crippen LogP contribution in [0, 0.1) is 0 Å². The summed E-state index contributed by atoms with van der Waals surface area (Å²) in [7, 11) is 1.54. The number of benzene rings is 1. The van der Waals surface area contributed by atoms with E-state index in [1.54, 1.807) is 36.5 Å². The average Bonchev–Trinajstić information content (AvgIpc) is 2.87. The number of unbranched alkanes of at least 4 members (excludes halogenated alkanes) is 11. The number of amides is 2. The summed E-state index contributed by atoms with van der Waals surface area (Å²) < 4.78 is 11.3. The highest BCUT2D eigenvalue weighted by Crippen LogP contribution is 2.28. The van der Waals surface area contributed by atoms with Crippen molar-refractivity contribution in [2.24, 2.45) is 0 Å². The molecule has 1 heterocycles. The van der Waals surface area contributed by atoms with Gasteiger partial charge in [0, 0.05) is 18.0 Å². The quantitative estimate of drug-likeness (QED) is 0.205. The topological polar surface area (TPSA) is 77.5 Å². The molecule has 6 heteroatoms. The molecule has 0 saturated carbocycles. The Balaban J connectivity index is 1.64. The number of nitrogens with one attached hydrogen (secondary N) is 1. The van der Waals surface area contributed by atoms with E-state index in [2.05, 4.69) is 17.2 Å². The largest absolute Gasteiger partial charge is 0.493 e. The zero-order valence-electron chi connectivity index (χ0n) is 20.8. The molecule has 0 spiro atoms. The van der Waals surface area contributed by atoms with Gasteiger partial charge in [0.25, 0.3) is 11.8 Å². The number of carbonyl (C=O) groups is 2.